The molecule has 2 atom stereocenters. The molecule has 6 rings (SSSR count). The van der Waals surface area contributed by atoms with Crippen LogP contribution in [0, 0.1) is 5.82 Å². The SMILES string of the molecule is CCOc1cc(C(=O)Nc2cc(C(F)(F)F)n(C)n2)c(F)cc1-c1nc([C@@H]2CC[C@H]3CCC(=O)N3C2)n2ccnc(N)c12. The second kappa shape index (κ2) is 10.5. The van der Waals surface area contributed by atoms with Gasteiger partial charge in [0.05, 0.1) is 12.2 Å². The number of rotatable bonds is 6. The number of fused-ring (bicyclic) bond motifs is 2. The van der Waals surface area contributed by atoms with Gasteiger partial charge in [-0.15, -0.1) is 0 Å². The number of nitrogens with zero attached hydrogens (tertiary/aromatic N) is 6. The van der Waals surface area contributed by atoms with Gasteiger partial charge in [0.25, 0.3) is 5.91 Å². The molecule has 0 unspecified atom stereocenters. The molecule has 226 valence electrons. The van der Waals surface area contributed by atoms with Crippen molar-refractivity contribution in [1.82, 2.24) is 29.0 Å². The van der Waals surface area contributed by atoms with Crippen LogP contribution in [0.1, 0.15) is 60.4 Å². The lowest BCUT2D eigenvalue weighted by atomic mass is 9.92. The van der Waals surface area contributed by atoms with Gasteiger partial charge in [-0.1, -0.05) is 0 Å². The second-order valence-corrected chi connectivity index (χ2v) is 10.6. The molecule has 0 bridgehead atoms. The maximum atomic E-state index is 15.6. The van der Waals surface area contributed by atoms with E-state index in [0.29, 0.717) is 35.1 Å². The Bertz CT molecular complexity index is 1750. The van der Waals surface area contributed by atoms with Crippen LogP contribution in [-0.2, 0) is 18.0 Å². The van der Waals surface area contributed by atoms with E-state index in [2.05, 4.69) is 15.4 Å². The highest BCUT2D eigenvalue weighted by Crippen LogP contribution is 2.41. The van der Waals surface area contributed by atoms with E-state index in [1.165, 1.54) is 12.3 Å². The number of carbonyl (C=O) groups is 2. The number of benzene rings is 1. The molecule has 15 heteroatoms. The predicted octanol–water partition coefficient (Wildman–Crippen LogP) is 4.39. The van der Waals surface area contributed by atoms with Gasteiger partial charge in [0, 0.05) is 56.0 Å². The molecule has 2 aliphatic rings. The standard InChI is InChI=1S/C28H28F4N8O3/c1-3-43-19-11-16(27(42)35-21-12-20(28(30,31)32)38(2)37-21)18(29)10-17(19)23-24-25(33)34-8-9-39(24)26(36-23)14-4-5-15-6-7-22(41)40(15)13-14/h8-12,14-15H,3-7,13H2,1-2H3,(H2,33,34)(H,35,37,42)/t14-,15+/m1/s1. The van der Waals surface area contributed by atoms with Crippen LogP contribution in [0.25, 0.3) is 16.8 Å². The molecule has 43 heavy (non-hydrogen) atoms. The maximum absolute atomic E-state index is 15.6. The number of aryl methyl sites for hydroxylation is 1. The number of imidazole rings is 1. The van der Waals surface area contributed by atoms with Crippen molar-refractivity contribution in [3.8, 4) is 17.0 Å². The van der Waals surface area contributed by atoms with Crippen molar-refractivity contribution in [2.24, 2.45) is 7.05 Å². The van der Waals surface area contributed by atoms with Gasteiger partial charge in [0.1, 0.15) is 40.1 Å². The van der Waals surface area contributed by atoms with Crippen LogP contribution < -0.4 is 15.8 Å². The molecule has 2 fully saturated rings. The van der Waals surface area contributed by atoms with Crippen molar-refractivity contribution >= 4 is 29.0 Å². The van der Waals surface area contributed by atoms with Crippen molar-refractivity contribution < 1.29 is 31.9 Å². The Hall–Kier alpha value is -4.69. The van der Waals surface area contributed by atoms with Crippen molar-refractivity contribution in [2.45, 2.75) is 50.7 Å². The number of hydrogen-bond donors (Lipinski definition) is 2. The minimum atomic E-state index is -4.69. The van der Waals surface area contributed by atoms with Gasteiger partial charge in [-0.2, -0.15) is 18.3 Å². The first-order chi connectivity index (χ1) is 20.5. The number of halogens is 4. The number of anilines is 2. The van der Waals surface area contributed by atoms with Crippen LogP contribution in [-0.4, -0.2) is 60.1 Å². The Kier molecular flexibility index (Phi) is 6.97. The quantitative estimate of drug-likeness (QED) is 0.314. The molecular formula is C28H28F4N8O3. The van der Waals surface area contributed by atoms with Crippen LogP contribution >= 0.6 is 0 Å². The van der Waals surface area contributed by atoms with E-state index >= 15 is 4.39 Å². The first-order valence-electron chi connectivity index (χ1n) is 13.8. The number of piperidine rings is 1. The summed E-state index contributed by atoms with van der Waals surface area (Å²) in [7, 11) is 1.08. The van der Waals surface area contributed by atoms with Crippen molar-refractivity contribution in [3.05, 3.63) is 53.5 Å². The van der Waals surface area contributed by atoms with Crippen molar-refractivity contribution in [2.75, 3.05) is 24.2 Å². The Labute approximate surface area is 242 Å². The minimum absolute atomic E-state index is 0.105. The van der Waals surface area contributed by atoms with Gasteiger partial charge < -0.3 is 20.7 Å². The first kappa shape index (κ1) is 28.4. The molecule has 0 saturated carbocycles. The summed E-state index contributed by atoms with van der Waals surface area (Å²) in [6.45, 7) is 2.36. The van der Waals surface area contributed by atoms with E-state index in [1.54, 1.807) is 17.5 Å². The van der Waals surface area contributed by atoms with Crippen LogP contribution in [0.5, 0.6) is 5.75 Å². The molecule has 0 radical (unpaired) electrons. The Balaban J connectivity index is 1.39. The molecule has 0 aliphatic carbocycles. The molecule has 1 aromatic carbocycles. The molecule has 2 saturated heterocycles. The third kappa shape index (κ3) is 5.02. The fraction of sp³-hybridized carbons (Fsp3) is 0.393. The normalized spacial score (nSPS) is 18.7. The Morgan fingerprint density at radius 1 is 1.21 bits per heavy atom. The summed E-state index contributed by atoms with van der Waals surface area (Å²) in [6, 6.07) is 3.14. The lowest BCUT2D eigenvalue weighted by Gasteiger charge is -2.34. The molecule has 5 heterocycles. The zero-order chi connectivity index (χ0) is 30.6. The van der Waals surface area contributed by atoms with Gasteiger partial charge in [-0.3, -0.25) is 18.7 Å². The summed E-state index contributed by atoms with van der Waals surface area (Å²) >= 11 is 0. The fourth-order valence-electron chi connectivity index (χ4n) is 6.00. The number of nitrogen functional groups attached to an aromatic ring is 1. The molecule has 4 aromatic rings. The summed E-state index contributed by atoms with van der Waals surface area (Å²) in [6.07, 6.45) is 1.56. The Morgan fingerprint density at radius 2 is 2.00 bits per heavy atom. The molecule has 3 aromatic heterocycles. The number of hydrogen-bond acceptors (Lipinski definition) is 7. The number of carbonyl (C=O) groups excluding carboxylic acids is 2. The molecule has 2 amide bonds. The average Bonchev–Trinajstić information content (AvgIpc) is 3.64. The highest BCUT2D eigenvalue weighted by Gasteiger charge is 2.39. The molecule has 2 aliphatic heterocycles. The molecule has 3 N–H and O–H groups in total. The molecular weight excluding hydrogens is 572 g/mol. The number of ether oxygens (including phenoxy) is 1. The van der Waals surface area contributed by atoms with Crippen LogP contribution in [0.15, 0.2) is 30.6 Å². The highest BCUT2D eigenvalue weighted by atomic mass is 19.4. The van der Waals surface area contributed by atoms with Crippen LogP contribution in [0.3, 0.4) is 0 Å². The first-order valence-corrected chi connectivity index (χ1v) is 13.8. The zero-order valence-corrected chi connectivity index (χ0v) is 23.3. The number of alkyl halides is 3. The summed E-state index contributed by atoms with van der Waals surface area (Å²) in [5, 5.41) is 5.89. The average molecular weight is 601 g/mol. The van der Waals surface area contributed by atoms with Gasteiger partial charge in [0.2, 0.25) is 5.91 Å². The van der Waals surface area contributed by atoms with E-state index in [-0.39, 0.29) is 47.3 Å². The largest absolute Gasteiger partial charge is 0.493 e. The topological polar surface area (TPSA) is 133 Å². The smallest absolute Gasteiger partial charge is 0.433 e. The van der Waals surface area contributed by atoms with Gasteiger partial charge in [-0.25, -0.2) is 14.4 Å². The van der Waals surface area contributed by atoms with Crippen molar-refractivity contribution in [1.29, 1.82) is 0 Å². The fourth-order valence-corrected chi connectivity index (χ4v) is 6.00. The predicted molar refractivity (Wildman–Crippen MR) is 147 cm³/mol. The van der Waals surface area contributed by atoms with Gasteiger partial charge >= 0.3 is 6.18 Å². The number of nitrogens with one attached hydrogen (secondary N) is 1. The van der Waals surface area contributed by atoms with Crippen LogP contribution in [0.2, 0.25) is 0 Å². The summed E-state index contributed by atoms with van der Waals surface area (Å²) in [5.74, 6) is -1.47. The monoisotopic (exact) mass is 600 g/mol. The van der Waals surface area contributed by atoms with E-state index in [1.807, 2.05) is 4.90 Å². The van der Waals surface area contributed by atoms with Gasteiger partial charge in [0.15, 0.2) is 5.82 Å². The van der Waals surface area contributed by atoms with E-state index < -0.39 is 35.0 Å². The van der Waals surface area contributed by atoms with Gasteiger partial charge in [-0.05, 0) is 38.3 Å². The summed E-state index contributed by atoms with van der Waals surface area (Å²) < 4.78 is 63.3. The number of aromatic nitrogens is 5. The zero-order valence-electron chi connectivity index (χ0n) is 23.3. The summed E-state index contributed by atoms with van der Waals surface area (Å²) in [5.41, 5.74) is 5.65. The lowest BCUT2D eigenvalue weighted by molar-refractivity contribution is -0.143. The molecule has 0 spiro atoms. The minimum Gasteiger partial charge on any atom is -0.493 e. The van der Waals surface area contributed by atoms with E-state index in [4.69, 9.17) is 15.5 Å². The maximum Gasteiger partial charge on any atom is 0.433 e. The van der Waals surface area contributed by atoms with Crippen LogP contribution in [0.4, 0.5) is 29.2 Å². The third-order valence-corrected chi connectivity index (χ3v) is 7.97. The molecule has 11 nitrogen and oxygen atoms in total. The number of nitrogens with two attached hydrogens (primary N) is 1. The summed E-state index contributed by atoms with van der Waals surface area (Å²) in [4.78, 5) is 36.4. The number of amides is 2. The second-order valence-electron chi connectivity index (χ2n) is 10.6. The Morgan fingerprint density at radius 3 is 2.72 bits per heavy atom. The van der Waals surface area contributed by atoms with Crippen molar-refractivity contribution in [3.63, 3.8) is 0 Å². The van der Waals surface area contributed by atoms with E-state index in [9.17, 15) is 22.8 Å². The highest BCUT2D eigenvalue weighted by molar-refractivity contribution is 6.05. The lowest BCUT2D eigenvalue weighted by Crippen LogP contribution is -2.41. The van der Waals surface area contributed by atoms with E-state index in [0.717, 1.165) is 32.4 Å². The third-order valence-electron chi connectivity index (χ3n) is 7.97.